The lowest BCUT2D eigenvalue weighted by molar-refractivity contribution is 0.475. The molecule has 5 nitrogen and oxygen atoms in total. The van der Waals surface area contributed by atoms with Crippen LogP contribution in [0, 0.1) is 0 Å². The van der Waals surface area contributed by atoms with Gasteiger partial charge in [0.05, 0.1) is 6.20 Å². The lowest BCUT2D eigenvalue weighted by Crippen LogP contribution is -2.38. The van der Waals surface area contributed by atoms with E-state index < -0.39 is 0 Å². The molecule has 0 atom stereocenters. The number of hydrogen-bond donors (Lipinski definition) is 1. The fourth-order valence-electron chi connectivity index (χ4n) is 2.09. The van der Waals surface area contributed by atoms with Crippen molar-refractivity contribution < 1.29 is 0 Å². The molecule has 0 saturated heterocycles. The number of hydrogen-bond acceptors (Lipinski definition) is 2. The molecule has 0 radical (unpaired) electrons. The van der Waals surface area contributed by atoms with Crippen molar-refractivity contribution in [2.45, 2.75) is 13.1 Å². The first-order valence-electron chi connectivity index (χ1n) is 6.73. The Morgan fingerprint density at radius 2 is 2.14 bits per heavy atom. The Kier molecular flexibility index (Phi) is 7.88. The van der Waals surface area contributed by atoms with Gasteiger partial charge in [-0.25, -0.2) is 0 Å². The van der Waals surface area contributed by atoms with Gasteiger partial charge in [-0.15, -0.1) is 24.0 Å². The van der Waals surface area contributed by atoms with Crippen LogP contribution in [-0.2, 0) is 20.1 Å². The van der Waals surface area contributed by atoms with Crippen molar-refractivity contribution in [2.75, 3.05) is 14.1 Å². The maximum absolute atomic E-state index is 4.32. The number of rotatable bonds is 4. The van der Waals surface area contributed by atoms with E-state index in [0.29, 0.717) is 6.54 Å². The number of aryl methyl sites for hydroxylation is 1. The second kappa shape index (κ2) is 9.14. The lowest BCUT2D eigenvalue weighted by Gasteiger charge is -2.22. The SMILES string of the molecule is CN=C(NCc1cnn(C)c1)N(C)Cc1ccccc1Br.I. The van der Waals surface area contributed by atoms with Crippen molar-refractivity contribution in [3.8, 4) is 0 Å². The van der Waals surface area contributed by atoms with E-state index in [9.17, 15) is 0 Å². The van der Waals surface area contributed by atoms with Crippen LogP contribution in [0.15, 0.2) is 46.1 Å². The van der Waals surface area contributed by atoms with E-state index in [2.05, 4.69) is 48.4 Å². The third-order valence-electron chi connectivity index (χ3n) is 3.15. The zero-order valence-corrected chi connectivity index (χ0v) is 16.9. The van der Waals surface area contributed by atoms with Crippen LogP contribution in [0.3, 0.4) is 0 Å². The van der Waals surface area contributed by atoms with Crippen LogP contribution in [0.25, 0.3) is 0 Å². The van der Waals surface area contributed by atoms with Crippen molar-refractivity contribution in [3.05, 3.63) is 52.3 Å². The number of nitrogens with zero attached hydrogens (tertiary/aromatic N) is 4. The molecule has 0 aliphatic carbocycles. The van der Waals surface area contributed by atoms with Crippen LogP contribution in [0.2, 0.25) is 0 Å². The Morgan fingerprint density at radius 3 is 2.73 bits per heavy atom. The minimum atomic E-state index is 0. The molecule has 1 aromatic carbocycles. The Morgan fingerprint density at radius 1 is 1.41 bits per heavy atom. The van der Waals surface area contributed by atoms with Crippen LogP contribution in [0.4, 0.5) is 0 Å². The highest BCUT2D eigenvalue weighted by atomic mass is 127. The highest BCUT2D eigenvalue weighted by Gasteiger charge is 2.08. The van der Waals surface area contributed by atoms with Gasteiger partial charge in [0.2, 0.25) is 0 Å². The van der Waals surface area contributed by atoms with Crippen molar-refractivity contribution >= 4 is 45.9 Å². The van der Waals surface area contributed by atoms with Crippen LogP contribution in [-0.4, -0.2) is 34.7 Å². The third kappa shape index (κ3) is 5.28. The summed E-state index contributed by atoms with van der Waals surface area (Å²) in [5.41, 5.74) is 2.36. The molecule has 2 rings (SSSR count). The van der Waals surface area contributed by atoms with Gasteiger partial charge in [-0.1, -0.05) is 34.1 Å². The van der Waals surface area contributed by atoms with Gasteiger partial charge in [0.15, 0.2) is 5.96 Å². The van der Waals surface area contributed by atoms with Crippen LogP contribution < -0.4 is 5.32 Å². The van der Waals surface area contributed by atoms with Crippen LogP contribution in [0.5, 0.6) is 0 Å². The molecule has 1 aromatic heterocycles. The summed E-state index contributed by atoms with van der Waals surface area (Å²) in [5.74, 6) is 0.856. The van der Waals surface area contributed by atoms with E-state index in [1.165, 1.54) is 5.56 Å². The van der Waals surface area contributed by atoms with Gasteiger partial charge >= 0.3 is 0 Å². The topological polar surface area (TPSA) is 45.5 Å². The summed E-state index contributed by atoms with van der Waals surface area (Å²) in [7, 11) is 5.73. The summed E-state index contributed by atoms with van der Waals surface area (Å²) < 4.78 is 2.91. The third-order valence-corrected chi connectivity index (χ3v) is 3.92. The molecule has 1 N–H and O–H groups in total. The number of aromatic nitrogens is 2. The Bertz CT molecular complexity index is 626. The minimum Gasteiger partial charge on any atom is -0.352 e. The fraction of sp³-hybridized carbons (Fsp3) is 0.333. The van der Waals surface area contributed by atoms with Crippen molar-refractivity contribution in [1.29, 1.82) is 0 Å². The first-order chi connectivity index (χ1) is 10.1. The predicted molar refractivity (Wildman–Crippen MR) is 104 cm³/mol. The van der Waals surface area contributed by atoms with Crippen molar-refractivity contribution in [1.82, 2.24) is 20.0 Å². The summed E-state index contributed by atoms with van der Waals surface area (Å²) in [4.78, 5) is 6.42. The number of guanidine groups is 1. The molecule has 120 valence electrons. The maximum Gasteiger partial charge on any atom is 0.193 e. The van der Waals surface area contributed by atoms with E-state index in [1.807, 2.05) is 38.6 Å². The van der Waals surface area contributed by atoms with E-state index in [1.54, 1.807) is 11.7 Å². The molecule has 2 aromatic rings. The largest absolute Gasteiger partial charge is 0.352 e. The summed E-state index contributed by atoms with van der Waals surface area (Å²) in [6.45, 7) is 1.49. The second-order valence-electron chi connectivity index (χ2n) is 4.87. The highest BCUT2D eigenvalue weighted by molar-refractivity contribution is 14.0. The molecule has 0 saturated carbocycles. The van der Waals surface area contributed by atoms with E-state index in [4.69, 9.17) is 0 Å². The molecular weight excluding hydrogens is 457 g/mol. The minimum absolute atomic E-state index is 0. The summed E-state index contributed by atoms with van der Waals surface area (Å²) in [6.07, 6.45) is 3.85. The number of nitrogens with one attached hydrogen (secondary N) is 1. The van der Waals surface area contributed by atoms with E-state index in [0.717, 1.165) is 22.5 Å². The van der Waals surface area contributed by atoms with Gasteiger partial charge in [0.1, 0.15) is 0 Å². The van der Waals surface area contributed by atoms with E-state index >= 15 is 0 Å². The average Bonchev–Trinajstić information content (AvgIpc) is 2.88. The van der Waals surface area contributed by atoms with Gasteiger partial charge < -0.3 is 10.2 Å². The van der Waals surface area contributed by atoms with Gasteiger partial charge in [0.25, 0.3) is 0 Å². The standard InChI is InChI=1S/C15H20BrN5.HI/c1-17-15(18-8-12-9-19-21(3)10-12)20(2)11-13-6-4-5-7-14(13)16;/h4-7,9-10H,8,11H2,1-3H3,(H,17,18);1H. The first-order valence-corrected chi connectivity index (χ1v) is 7.52. The lowest BCUT2D eigenvalue weighted by atomic mass is 10.2. The van der Waals surface area contributed by atoms with Crippen LogP contribution in [0.1, 0.15) is 11.1 Å². The average molecular weight is 478 g/mol. The molecule has 0 amide bonds. The van der Waals surface area contributed by atoms with Crippen molar-refractivity contribution in [3.63, 3.8) is 0 Å². The number of halogens is 2. The summed E-state index contributed by atoms with van der Waals surface area (Å²) in [5, 5.41) is 7.51. The molecule has 0 fully saturated rings. The molecule has 7 heteroatoms. The molecule has 1 heterocycles. The monoisotopic (exact) mass is 477 g/mol. The highest BCUT2D eigenvalue weighted by Crippen LogP contribution is 2.17. The molecule has 0 bridgehead atoms. The second-order valence-corrected chi connectivity index (χ2v) is 5.72. The Labute approximate surface area is 157 Å². The fourth-order valence-corrected chi connectivity index (χ4v) is 2.50. The normalized spacial score (nSPS) is 11.0. The van der Waals surface area contributed by atoms with Crippen LogP contribution >= 0.6 is 39.9 Å². The molecule has 22 heavy (non-hydrogen) atoms. The Balaban J connectivity index is 0.00000242. The zero-order valence-electron chi connectivity index (χ0n) is 13.0. The van der Waals surface area contributed by atoms with Crippen molar-refractivity contribution in [2.24, 2.45) is 12.0 Å². The molecule has 0 aliphatic rings. The molecule has 0 aliphatic heterocycles. The van der Waals surface area contributed by atoms with Gasteiger partial charge in [-0.2, -0.15) is 5.10 Å². The van der Waals surface area contributed by atoms with Gasteiger partial charge in [-0.05, 0) is 11.6 Å². The van der Waals surface area contributed by atoms with E-state index in [-0.39, 0.29) is 24.0 Å². The quantitative estimate of drug-likeness (QED) is 0.418. The maximum atomic E-state index is 4.32. The van der Waals surface area contributed by atoms with Gasteiger partial charge in [0, 0.05) is 50.5 Å². The molecule has 0 spiro atoms. The first kappa shape index (κ1) is 19.0. The predicted octanol–water partition coefficient (Wildman–Crippen LogP) is 3.01. The smallest absolute Gasteiger partial charge is 0.193 e. The number of benzene rings is 1. The Hall–Kier alpha value is -1.09. The zero-order chi connectivity index (χ0) is 15.2. The number of aliphatic imine (C=N–C) groups is 1. The molecule has 0 unspecified atom stereocenters. The van der Waals surface area contributed by atoms with Gasteiger partial charge in [-0.3, -0.25) is 9.67 Å². The summed E-state index contributed by atoms with van der Waals surface area (Å²) >= 11 is 3.58. The summed E-state index contributed by atoms with van der Waals surface area (Å²) in [6, 6.07) is 8.22. The molecular formula is C15H21BrIN5.